The summed E-state index contributed by atoms with van der Waals surface area (Å²) in [4.78, 5) is 71.8. The molecule has 3 fully saturated rings. The van der Waals surface area contributed by atoms with Gasteiger partial charge in [0.15, 0.2) is 5.78 Å². The number of aliphatic hydroxyl groups excluding tert-OH is 2. The van der Waals surface area contributed by atoms with Gasteiger partial charge in [0.1, 0.15) is 30.1 Å². The predicted octanol–water partition coefficient (Wildman–Crippen LogP) is 6.29. The lowest BCUT2D eigenvalue weighted by atomic mass is 9.78. The van der Waals surface area contributed by atoms with Gasteiger partial charge in [-0.15, -0.1) is 0 Å². The van der Waals surface area contributed by atoms with E-state index in [0.717, 1.165) is 12.0 Å². The van der Waals surface area contributed by atoms with E-state index in [4.69, 9.17) is 23.7 Å². The van der Waals surface area contributed by atoms with Gasteiger partial charge in [-0.3, -0.25) is 19.2 Å². The normalized spacial score (nSPS) is 40.4. The molecule has 15 atom stereocenters. The Bertz CT molecular complexity index is 1760. The van der Waals surface area contributed by atoms with Crippen LogP contribution in [0.2, 0.25) is 0 Å². The smallest absolute Gasteiger partial charge is 0.460 e. The first-order valence-electron chi connectivity index (χ1n) is 23.9. The zero-order valence-electron chi connectivity index (χ0n) is 41.6. The highest BCUT2D eigenvalue weighted by atomic mass is 16.6. The molecule has 0 unspecified atom stereocenters. The summed E-state index contributed by atoms with van der Waals surface area (Å²) in [5.41, 5.74) is 1.27. The second-order valence-electron chi connectivity index (χ2n) is 19.6. The molecule has 0 aromatic heterocycles. The number of rotatable bonds is 6. The van der Waals surface area contributed by atoms with Crippen molar-refractivity contribution >= 4 is 29.2 Å². The van der Waals surface area contributed by atoms with Crippen LogP contribution >= 0.6 is 0 Å². The van der Waals surface area contributed by atoms with Crippen LogP contribution in [-0.2, 0) is 47.7 Å². The van der Waals surface area contributed by atoms with Crippen LogP contribution in [0, 0.1) is 35.5 Å². The number of esters is 1. The number of ketones is 3. The van der Waals surface area contributed by atoms with Gasteiger partial charge in [-0.2, -0.15) is 0 Å². The molecular weight excluding hydrogens is 835 g/mol. The Morgan fingerprint density at radius 2 is 1.58 bits per heavy atom. The second kappa shape index (κ2) is 25.1. The first-order valence-corrected chi connectivity index (χ1v) is 23.9. The van der Waals surface area contributed by atoms with Gasteiger partial charge in [0.25, 0.3) is 11.7 Å². The maximum absolute atomic E-state index is 14.4. The van der Waals surface area contributed by atoms with Crippen LogP contribution in [0.3, 0.4) is 0 Å². The molecule has 14 heteroatoms. The minimum Gasteiger partial charge on any atom is -0.460 e. The van der Waals surface area contributed by atoms with Crippen molar-refractivity contribution in [2.45, 2.75) is 180 Å². The standard InChI is InChI=1S/C51H79NO13/c1-30-16-12-11-13-17-31(2)42(61-8)28-38-21-19-36(7)51(60,65-38)48(57)49(58)52-23-15-14-18-39(52)50(59)64-43(33(4)26-37-20-22-40(53)44(27-37)62-9)29-41(54)32(3)25-35(6)46(56)47(63-10)45(55)34(5)24-30/h11-13,16-17,25,30,32-34,36-40,42-44,46-47,53,56,60H,14-15,18-24,26-29H2,1-10H3/p+1/b13-11+,16-12+,31-17+,35-25+/t30-,32-,33-,34-,36-,37+,38+,39+,40-,42+,43+,44-,46-,47+,51-/m1/s1. The van der Waals surface area contributed by atoms with Crippen LogP contribution in [-0.4, -0.2) is 132 Å². The van der Waals surface area contributed by atoms with Crippen molar-refractivity contribution in [1.82, 2.24) is 4.90 Å². The topological polar surface area (TPSA) is 195 Å². The summed E-state index contributed by atoms with van der Waals surface area (Å²) in [7, 11) is 4.52. The lowest BCUT2D eigenvalue weighted by Crippen LogP contribution is -2.61. The van der Waals surface area contributed by atoms with E-state index in [9.17, 15) is 39.3 Å². The Balaban J connectivity index is 0.0000116. The molecule has 0 radical (unpaired) electrons. The minimum atomic E-state index is -2.43. The Kier molecular flexibility index (Phi) is 21.0. The van der Waals surface area contributed by atoms with Gasteiger partial charge in [-0.25, -0.2) is 4.79 Å². The average Bonchev–Trinajstić information content (AvgIpc) is 3.28. The van der Waals surface area contributed by atoms with Crippen molar-refractivity contribution in [1.29, 1.82) is 0 Å². The molecule has 4 aliphatic rings. The quantitative estimate of drug-likeness (QED) is 0.153. The van der Waals surface area contributed by atoms with E-state index >= 15 is 0 Å². The highest BCUT2D eigenvalue weighted by Gasteiger charge is 2.53. The molecule has 1 aliphatic carbocycles. The summed E-state index contributed by atoms with van der Waals surface area (Å²) in [5.74, 6) is -7.96. The second-order valence-corrected chi connectivity index (χ2v) is 19.6. The van der Waals surface area contributed by atoms with Crippen LogP contribution in [0.1, 0.15) is 127 Å². The third-order valence-corrected chi connectivity index (χ3v) is 14.5. The molecule has 3 heterocycles. The number of methoxy groups -OCH3 is 3. The molecule has 2 saturated heterocycles. The number of cyclic esters (lactones) is 1. The number of fused-ring (bicyclic) bond motifs is 3. The van der Waals surface area contributed by atoms with Gasteiger partial charge < -0.3 is 43.9 Å². The fourth-order valence-corrected chi connectivity index (χ4v) is 10.1. The monoisotopic (exact) mass is 915 g/mol. The highest BCUT2D eigenvalue weighted by Crippen LogP contribution is 2.38. The molecule has 1 amide bonds. The molecular formula is C51H80NO13+. The lowest BCUT2D eigenvalue weighted by Gasteiger charge is -2.42. The molecule has 3 N–H and O–H groups in total. The van der Waals surface area contributed by atoms with Gasteiger partial charge in [0.05, 0.1) is 24.4 Å². The van der Waals surface area contributed by atoms with Crippen LogP contribution in [0.4, 0.5) is 0 Å². The highest BCUT2D eigenvalue weighted by molar-refractivity contribution is 6.39. The Morgan fingerprint density at radius 1 is 0.862 bits per heavy atom. The van der Waals surface area contributed by atoms with E-state index in [0.29, 0.717) is 63.4 Å². The maximum Gasteiger partial charge on any atom is 1.00 e. The number of hydrogen-bond donors (Lipinski definition) is 3. The minimum absolute atomic E-state index is 0. The number of amides is 1. The Labute approximate surface area is 388 Å². The van der Waals surface area contributed by atoms with Crippen molar-refractivity contribution in [3.05, 3.63) is 47.6 Å². The summed E-state index contributed by atoms with van der Waals surface area (Å²) in [6, 6.07) is -1.14. The van der Waals surface area contributed by atoms with Crippen molar-refractivity contribution < 1.29 is 64.4 Å². The molecule has 0 aromatic rings. The Morgan fingerprint density at radius 3 is 2.26 bits per heavy atom. The van der Waals surface area contributed by atoms with Crippen LogP contribution < -0.4 is 0 Å². The largest absolute Gasteiger partial charge is 1.00 e. The van der Waals surface area contributed by atoms with E-state index in [1.54, 1.807) is 41.1 Å². The predicted molar refractivity (Wildman–Crippen MR) is 246 cm³/mol. The molecule has 0 spiro atoms. The van der Waals surface area contributed by atoms with Crippen molar-refractivity contribution in [3.8, 4) is 0 Å². The summed E-state index contributed by atoms with van der Waals surface area (Å²) < 4.78 is 29.4. The number of aliphatic hydroxyl groups is 3. The van der Waals surface area contributed by atoms with E-state index in [2.05, 4.69) is 0 Å². The van der Waals surface area contributed by atoms with E-state index in [1.165, 1.54) is 12.0 Å². The first-order chi connectivity index (χ1) is 30.7. The number of nitrogens with zero attached hydrogens (tertiary/aromatic N) is 1. The SMILES string of the molecule is CO[C@H]1C[C@@H]2CC[C@@H](C)[C@@](O)(O2)C(=O)C(=O)N2CCCC[C@H]2C(=O)O[C@H]([C@H](C)C[C@@H]2CC[C@@H](O)[C@H](OC)C2)CC(=O)[C@H](C)/C=C(\C)[C@@H](O)[C@@H](OC)C(=O)[C@H](C)C[C@H](C)/C=C/C=C/C=C/1C.[H+]. The number of ether oxygens (including phenoxy) is 5. The molecule has 1 saturated carbocycles. The van der Waals surface area contributed by atoms with Crippen molar-refractivity contribution in [2.75, 3.05) is 27.9 Å². The van der Waals surface area contributed by atoms with E-state index in [-0.39, 0.29) is 56.2 Å². The molecule has 2 bridgehead atoms. The molecule has 3 aliphatic heterocycles. The number of Topliss-reactive ketones (excluding diaryl/α,β-unsaturated/α-hetero) is 3. The van der Waals surface area contributed by atoms with Crippen LogP contribution in [0.25, 0.3) is 0 Å². The Hall–Kier alpha value is -3.37. The molecule has 14 nitrogen and oxygen atoms in total. The summed E-state index contributed by atoms with van der Waals surface area (Å²) >= 11 is 0. The first kappa shape index (κ1) is 54.2. The number of carbonyl (C=O) groups excluding carboxylic acids is 5. The molecule has 4 rings (SSSR count). The summed E-state index contributed by atoms with van der Waals surface area (Å²) in [6.07, 6.45) is 11.2. The molecule has 366 valence electrons. The van der Waals surface area contributed by atoms with Gasteiger partial charge in [0, 0.05) is 58.5 Å². The summed E-state index contributed by atoms with van der Waals surface area (Å²) in [6.45, 7) is 12.7. The zero-order chi connectivity index (χ0) is 48.2. The molecule has 65 heavy (non-hydrogen) atoms. The fourth-order valence-electron chi connectivity index (χ4n) is 10.1. The third-order valence-electron chi connectivity index (χ3n) is 14.5. The number of carbonyl (C=O) groups is 5. The van der Waals surface area contributed by atoms with E-state index < -0.39 is 83.9 Å². The number of allylic oxidation sites excluding steroid dienone is 6. The zero-order valence-corrected chi connectivity index (χ0v) is 40.6. The van der Waals surface area contributed by atoms with E-state index in [1.807, 2.05) is 58.1 Å². The maximum atomic E-state index is 14.4. The van der Waals surface area contributed by atoms with Crippen molar-refractivity contribution in [2.24, 2.45) is 35.5 Å². The summed E-state index contributed by atoms with van der Waals surface area (Å²) in [5, 5.41) is 33.8. The number of piperidine rings is 1. The van der Waals surface area contributed by atoms with Crippen LogP contribution in [0.15, 0.2) is 47.6 Å². The fraction of sp³-hybridized carbons (Fsp3) is 0.745. The van der Waals surface area contributed by atoms with Gasteiger partial charge in [-0.05, 0) is 107 Å². The van der Waals surface area contributed by atoms with Crippen molar-refractivity contribution in [3.63, 3.8) is 0 Å². The lowest BCUT2D eigenvalue weighted by molar-refractivity contribution is -0.265. The van der Waals surface area contributed by atoms with Crippen LogP contribution in [0.5, 0.6) is 0 Å². The molecule has 0 aromatic carbocycles. The van der Waals surface area contributed by atoms with Gasteiger partial charge >= 0.3 is 7.40 Å². The average molecular weight is 915 g/mol. The third kappa shape index (κ3) is 14.3. The number of hydrogen-bond acceptors (Lipinski definition) is 13. The van der Waals surface area contributed by atoms with Gasteiger partial charge in [-0.1, -0.05) is 71.1 Å². The van der Waals surface area contributed by atoms with Gasteiger partial charge in [0.2, 0.25) is 5.79 Å².